The third-order valence-electron chi connectivity index (χ3n) is 4.20. The molecule has 0 aromatic heterocycles. The molecule has 0 aliphatic heterocycles. The summed E-state index contributed by atoms with van der Waals surface area (Å²) in [6, 6.07) is 0. The Kier molecular flexibility index (Phi) is 11.4. The van der Waals surface area contributed by atoms with Crippen LogP contribution in [0.2, 0.25) is 0 Å². The van der Waals surface area contributed by atoms with Crippen LogP contribution in [0.25, 0.3) is 0 Å². The zero-order valence-corrected chi connectivity index (χ0v) is 15.6. The average Bonchev–Trinajstić information content (AvgIpc) is 2.39. The van der Waals surface area contributed by atoms with Crippen LogP contribution in [0.5, 0.6) is 0 Å². The molecule has 1 atom stereocenters. The van der Waals surface area contributed by atoms with E-state index in [4.69, 9.17) is 9.47 Å². The molecule has 0 N–H and O–H groups in total. The topological polar surface area (TPSA) is 18.5 Å². The third-order valence-corrected chi connectivity index (χ3v) is 4.20. The van der Waals surface area contributed by atoms with E-state index in [1.54, 1.807) is 0 Å². The zero-order chi connectivity index (χ0) is 16.2. The van der Waals surface area contributed by atoms with Crippen LogP contribution in [0.4, 0.5) is 0 Å². The first kappa shape index (κ1) is 20.9. The van der Waals surface area contributed by atoms with Gasteiger partial charge >= 0.3 is 0 Å². The summed E-state index contributed by atoms with van der Waals surface area (Å²) in [5.41, 5.74) is 0.0646. The molecule has 0 aliphatic rings. The van der Waals surface area contributed by atoms with E-state index in [-0.39, 0.29) is 11.2 Å². The summed E-state index contributed by atoms with van der Waals surface area (Å²) >= 11 is 0. The van der Waals surface area contributed by atoms with Crippen LogP contribution in [0.15, 0.2) is 0 Å². The first-order valence-corrected chi connectivity index (χ1v) is 9.17. The van der Waals surface area contributed by atoms with E-state index in [9.17, 15) is 0 Å². The van der Waals surface area contributed by atoms with E-state index >= 15 is 0 Å². The first-order chi connectivity index (χ1) is 9.89. The van der Waals surface area contributed by atoms with Crippen molar-refractivity contribution in [2.75, 3.05) is 13.2 Å². The van der Waals surface area contributed by atoms with Crippen LogP contribution in [0.1, 0.15) is 99.3 Å². The van der Waals surface area contributed by atoms with E-state index < -0.39 is 0 Å². The Labute approximate surface area is 134 Å². The highest BCUT2D eigenvalue weighted by atomic mass is 16.5. The van der Waals surface area contributed by atoms with Crippen LogP contribution in [-0.4, -0.2) is 24.4 Å². The second-order valence-corrected chi connectivity index (χ2v) is 7.22. The van der Waals surface area contributed by atoms with Gasteiger partial charge in [-0.1, -0.05) is 40.0 Å². The summed E-state index contributed by atoms with van der Waals surface area (Å²) in [5, 5.41) is 0. The van der Waals surface area contributed by atoms with E-state index in [0.717, 1.165) is 38.9 Å². The average molecular weight is 301 g/mol. The molecular weight excluding hydrogens is 260 g/mol. The molecule has 0 amide bonds. The molecule has 0 spiro atoms. The minimum Gasteiger partial charge on any atom is -0.376 e. The van der Waals surface area contributed by atoms with Gasteiger partial charge in [0.2, 0.25) is 0 Å². The molecule has 0 fully saturated rings. The molecule has 0 saturated heterocycles. The maximum atomic E-state index is 6.18. The summed E-state index contributed by atoms with van der Waals surface area (Å²) in [4.78, 5) is 0. The SMILES string of the molecule is CCCCOC(C)(C)CCCC(C)(CCC)OCCCC. The fraction of sp³-hybridized carbons (Fsp3) is 1.00. The maximum Gasteiger partial charge on any atom is 0.0654 e. The van der Waals surface area contributed by atoms with Gasteiger partial charge in [0.15, 0.2) is 0 Å². The molecule has 0 saturated carbocycles. The molecule has 0 radical (unpaired) electrons. The molecule has 0 heterocycles. The zero-order valence-electron chi connectivity index (χ0n) is 15.6. The van der Waals surface area contributed by atoms with Gasteiger partial charge in [-0.2, -0.15) is 0 Å². The minimum atomic E-state index is 0.00567. The monoisotopic (exact) mass is 300 g/mol. The smallest absolute Gasteiger partial charge is 0.0654 e. The summed E-state index contributed by atoms with van der Waals surface area (Å²) in [7, 11) is 0. The van der Waals surface area contributed by atoms with Crippen LogP contribution < -0.4 is 0 Å². The minimum absolute atomic E-state index is 0.00567. The standard InChI is InChI=1S/C19H40O2/c1-7-10-16-20-18(4,5)14-12-15-19(6,13-9-3)21-17-11-8-2/h7-17H2,1-6H3. The number of rotatable bonds is 14. The molecule has 1 unspecified atom stereocenters. The highest BCUT2D eigenvalue weighted by Crippen LogP contribution is 2.28. The Hall–Kier alpha value is -0.0800. The number of unbranched alkanes of at least 4 members (excludes halogenated alkanes) is 2. The molecule has 2 heteroatoms. The van der Waals surface area contributed by atoms with Gasteiger partial charge < -0.3 is 9.47 Å². The normalized spacial score (nSPS) is 15.1. The second kappa shape index (κ2) is 11.5. The fourth-order valence-electron chi connectivity index (χ4n) is 2.71. The molecule has 0 aromatic rings. The molecule has 2 nitrogen and oxygen atoms in total. The Bertz CT molecular complexity index is 238. The van der Waals surface area contributed by atoms with E-state index in [0.29, 0.717) is 0 Å². The van der Waals surface area contributed by atoms with Crippen molar-refractivity contribution >= 4 is 0 Å². The van der Waals surface area contributed by atoms with Gasteiger partial charge in [-0.15, -0.1) is 0 Å². The summed E-state index contributed by atoms with van der Waals surface area (Å²) in [5.74, 6) is 0. The van der Waals surface area contributed by atoms with Crippen molar-refractivity contribution < 1.29 is 9.47 Å². The van der Waals surface area contributed by atoms with Gasteiger partial charge in [0.1, 0.15) is 0 Å². The molecule has 128 valence electrons. The lowest BCUT2D eigenvalue weighted by Crippen LogP contribution is -2.31. The van der Waals surface area contributed by atoms with Crippen molar-refractivity contribution in [1.82, 2.24) is 0 Å². The molecule has 0 rings (SSSR count). The summed E-state index contributed by atoms with van der Waals surface area (Å²) < 4.78 is 12.2. The Balaban J connectivity index is 4.10. The van der Waals surface area contributed by atoms with Gasteiger partial charge in [-0.25, -0.2) is 0 Å². The molecule has 0 aromatic carbocycles. The van der Waals surface area contributed by atoms with Crippen LogP contribution >= 0.6 is 0 Å². The van der Waals surface area contributed by atoms with Crippen molar-refractivity contribution in [3.63, 3.8) is 0 Å². The molecule has 0 bridgehead atoms. The quantitative estimate of drug-likeness (QED) is 0.359. The maximum absolute atomic E-state index is 6.18. The third kappa shape index (κ3) is 11.2. The van der Waals surface area contributed by atoms with Crippen molar-refractivity contribution in [1.29, 1.82) is 0 Å². The van der Waals surface area contributed by atoms with Crippen LogP contribution in [-0.2, 0) is 9.47 Å². The van der Waals surface area contributed by atoms with E-state index in [2.05, 4.69) is 41.5 Å². The van der Waals surface area contributed by atoms with Gasteiger partial charge in [0.05, 0.1) is 11.2 Å². The lowest BCUT2D eigenvalue weighted by atomic mass is 9.90. The molecule has 0 aliphatic carbocycles. The second-order valence-electron chi connectivity index (χ2n) is 7.22. The number of hydrogen-bond acceptors (Lipinski definition) is 2. The van der Waals surface area contributed by atoms with Crippen molar-refractivity contribution in [3.8, 4) is 0 Å². The van der Waals surface area contributed by atoms with Gasteiger partial charge in [-0.05, 0) is 59.3 Å². The van der Waals surface area contributed by atoms with E-state index in [1.807, 2.05) is 0 Å². The van der Waals surface area contributed by atoms with Gasteiger partial charge in [0.25, 0.3) is 0 Å². The van der Waals surface area contributed by atoms with Crippen molar-refractivity contribution in [3.05, 3.63) is 0 Å². The summed E-state index contributed by atoms with van der Waals surface area (Å²) in [6.07, 6.45) is 10.5. The van der Waals surface area contributed by atoms with Crippen LogP contribution in [0.3, 0.4) is 0 Å². The van der Waals surface area contributed by atoms with Crippen LogP contribution in [0, 0.1) is 0 Å². The first-order valence-electron chi connectivity index (χ1n) is 9.17. The van der Waals surface area contributed by atoms with Crippen molar-refractivity contribution in [2.45, 2.75) is 111 Å². The van der Waals surface area contributed by atoms with Gasteiger partial charge in [-0.3, -0.25) is 0 Å². The lowest BCUT2D eigenvalue weighted by molar-refractivity contribution is -0.0579. The molecule has 21 heavy (non-hydrogen) atoms. The van der Waals surface area contributed by atoms with Crippen molar-refractivity contribution in [2.24, 2.45) is 0 Å². The number of hydrogen-bond donors (Lipinski definition) is 0. The summed E-state index contributed by atoms with van der Waals surface area (Å²) in [6.45, 7) is 15.2. The lowest BCUT2D eigenvalue weighted by Gasteiger charge is -2.32. The number of ether oxygens (including phenoxy) is 2. The Morgan fingerprint density at radius 2 is 1.19 bits per heavy atom. The Morgan fingerprint density at radius 1 is 0.619 bits per heavy atom. The predicted octanol–water partition coefficient (Wildman–Crippen LogP) is 6.13. The predicted molar refractivity (Wildman–Crippen MR) is 93.0 cm³/mol. The highest BCUT2D eigenvalue weighted by Gasteiger charge is 2.25. The largest absolute Gasteiger partial charge is 0.376 e. The Morgan fingerprint density at radius 3 is 1.71 bits per heavy atom. The fourth-order valence-corrected chi connectivity index (χ4v) is 2.71. The highest BCUT2D eigenvalue weighted by molar-refractivity contribution is 4.77. The van der Waals surface area contributed by atoms with E-state index in [1.165, 1.54) is 32.1 Å². The van der Waals surface area contributed by atoms with Gasteiger partial charge in [0, 0.05) is 13.2 Å². The molecular formula is C19H40O2.